The van der Waals surface area contributed by atoms with Crippen molar-refractivity contribution < 1.29 is 0 Å². The Bertz CT molecular complexity index is 370. The Kier molecular flexibility index (Phi) is 2.64. The zero-order valence-corrected chi connectivity index (χ0v) is 11.2. The van der Waals surface area contributed by atoms with Gasteiger partial charge in [-0.2, -0.15) is 5.10 Å². The first-order chi connectivity index (χ1) is 7.37. The summed E-state index contributed by atoms with van der Waals surface area (Å²) < 4.78 is 0. The fourth-order valence-corrected chi connectivity index (χ4v) is 3.48. The van der Waals surface area contributed by atoms with Crippen molar-refractivity contribution in [2.75, 3.05) is 0 Å². The van der Waals surface area contributed by atoms with Gasteiger partial charge in [-0.25, -0.2) is 0 Å². The molecule has 1 atom stereocenters. The first-order valence-corrected chi connectivity index (χ1v) is 6.38. The molecule has 1 aliphatic carbocycles. The van der Waals surface area contributed by atoms with Crippen LogP contribution in [-0.2, 0) is 12.8 Å². The van der Waals surface area contributed by atoms with Gasteiger partial charge >= 0.3 is 0 Å². The number of nitrogens with zero attached hydrogens (tertiary/aromatic N) is 1. The largest absolute Gasteiger partial charge is 0.282 e. The molecule has 0 radical (unpaired) electrons. The zero-order chi connectivity index (χ0) is 12.0. The summed E-state index contributed by atoms with van der Waals surface area (Å²) >= 11 is 0. The predicted molar refractivity (Wildman–Crippen MR) is 67.3 cm³/mol. The quantitative estimate of drug-likeness (QED) is 0.770. The van der Waals surface area contributed by atoms with Crippen LogP contribution >= 0.6 is 0 Å². The van der Waals surface area contributed by atoms with Crippen molar-refractivity contribution in [2.24, 2.45) is 16.7 Å². The lowest BCUT2D eigenvalue weighted by atomic mass is 9.54. The number of hydrogen-bond acceptors (Lipinski definition) is 1. The molecule has 1 N–H and O–H groups in total. The maximum atomic E-state index is 4.19. The van der Waals surface area contributed by atoms with Gasteiger partial charge in [0.2, 0.25) is 0 Å². The van der Waals surface area contributed by atoms with Crippen molar-refractivity contribution in [3.8, 4) is 0 Å². The molecule has 0 saturated carbocycles. The summed E-state index contributed by atoms with van der Waals surface area (Å²) in [6.45, 7) is 11.9. The molecule has 1 heterocycles. The zero-order valence-electron chi connectivity index (χ0n) is 11.2. The lowest BCUT2D eigenvalue weighted by Crippen LogP contribution is -2.44. The van der Waals surface area contributed by atoms with Crippen LogP contribution in [0.4, 0.5) is 0 Å². The van der Waals surface area contributed by atoms with Gasteiger partial charge in [-0.3, -0.25) is 5.10 Å². The second kappa shape index (κ2) is 3.61. The molecule has 16 heavy (non-hydrogen) atoms. The average molecular weight is 220 g/mol. The first-order valence-electron chi connectivity index (χ1n) is 6.38. The van der Waals surface area contributed by atoms with Crippen LogP contribution < -0.4 is 0 Å². The summed E-state index contributed by atoms with van der Waals surface area (Å²) in [5.41, 5.74) is 3.58. The van der Waals surface area contributed by atoms with E-state index in [0.29, 0.717) is 10.8 Å². The van der Waals surface area contributed by atoms with Crippen LogP contribution in [0.1, 0.15) is 52.3 Å². The normalized spacial score (nSPS) is 25.9. The molecule has 2 nitrogen and oxygen atoms in total. The number of rotatable bonds is 1. The van der Waals surface area contributed by atoms with E-state index in [1.54, 1.807) is 0 Å². The van der Waals surface area contributed by atoms with Gasteiger partial charge in [-0.05, 0) is 41.6 Å². The van der Waals surface area contributed by atoms with Crippen molar-refractivity contribution in [1.29, 1.82) is 0 Å². The van der Waals surface area contributed by atoms with Crippen molar-refractivity contribution in [3.63, 3.8) is 0 Å². The Hall–Kier alpha value is -0.790. The molecule has 0 aliphatic heterocycles. The molecule has 1 aromatic heterocycles. The number of fused-ring (bicyclic) bond motifs is 1. The van der Waals surface area contributed by atoms with E-state index in [4.69, 9.17) is 0 Å². The highest BCUT2D eigenvalue weighted by Crippen LogP contribution is 2.52. The maximum absolute atomic E-state index is 4.19. The minimum Gasteiger partial charge on any atom is -0.282 e. The van der Waals surface area contributed by atoms with E-state index in [2.05, 4.69) is 44.8 Å². The SMILES string of the molecule is CC(C)C1(C(C)(C)C)CCc2[nH]ncc2C1. The third-order valence-electron chi connectivity index (χ3n) is 4.73. The van der Waals surface area contributed by atoms with E-state index in [-0.39, 0.29) is 0 Å². The van der Waals surface area contributed by atoms with Crippen LogP contribution in [0.3, 0.4) is 0 Å². The monoisotopic (exact) mass is 220 g/mol. The minimum absolute atomic E-state index is 0.357. The van der Waals surface area contributed by atoms with Crippen molar-refractivity contribution >= 4 is 0 Å². The first kappa shape index (κ1) is 11.7. The molecule has 2 rings (SSSR count). The standard InChI is InChI=1S/C14H24N2/c1-10(2)14(13(3,4)5)7-6-12-11(8-14)9-15-16-12/h9-10H,6-8H2,1-5H3,(H,15,16). The molecule has 0 spiro atoms. The average Bonchev–Trinajstić information content (AvgIpc) is 2.61. The smallest absolute Gasteiger partial charge is 0.0522 e. The van der Waals surface area contributed by atoms with Gasteiger partial charge in [-0.1, -0.05) is 34.6 Å². The molecule has 0 bridgehead atoms. The summed E-state index contributed by atoms with van der Waals surface area (Å²) in [5, 5.41) is 7.32. The molecule has 0 fully saturated rings. The summed E-state index contributed by atoms with van der Waals surface area (Å²) in [7, 11) is 0. The molecule has 1 aliphatic rings. The van der Waals surface area contributed by atoms with Gasteiger partial charge in [0.1, 0.15) is 0 Å². The maximum Gasteiger partial charge on any atom is 0.0522 e. The van der Waals surface area contributed by atoms with Crippen molar-refractivity contribution in [3.05, 3.63) is 17.5 Å². The Morgan fingerprint density at radius 1 is 1.38 bits per heavy atom. The minimum atomic E-state index is 0.357. The van der Waals surface area contributed by atoms with Gasteiger partial charge < -0.3 is 0 Å². The molecule has 0 aromatic carbocycles. The van der Waals surface area contributed by atoms with Gasteiger partial charge in [-0.15, -0.1) is 0 Å². The lowest BCUT2D eigenvalue weighted by Gasteiger charge is -2.50. The van der Waals surface area contributed by atoms with E-state index < -0.39 is 0 Å². The van der Waals surface area contributed by atoms with Gasteiger partial charge in [0, 0.05) is 5.69 Å². The van der Waals surface area contributed by atoms with E-state index >= 15 is 0 Å². The summed E-state index contributed by atoms with van der Waals surface area (Å²) in [6, 6.07) is 0. The van der Waals surface area contributed by atoms with Crippen molar-refractivity contribution in [2.45, 2.75) is 53.9 Å². The van der Waals surface area contributed by atoms with Crippen LogP contribution in [0.15, 0.2) is 6.20 Å². The number of H-pyrrole nitrogens is 1. The van der Waals surface area contributed by atoms with E-state index in [0.717, 1.165) is 12.3 Å². The van der Waals surface area contributed by atoms with Crippen LogP contribution in [-0.4, -0.2) is 10.2 Å². The second-order valence-electron chi connectivity index (χ2n) is 6.61. The molecule has 1 unspecified atom stereocenters. The highest BCUT2D eigenvalue weighted by atomic mass is 15.1. The van der Waals surface area contributed by atoms with E-state index in [1.807, 2.05) is 6.20 Å². The summed E-state index contributed by atoms with van der Waals surface area (Å²) in [4.78, 5) is 0. The number of aromatic nitrogens is 2. The fourth-order valence-electron chi connectivity index (χ4n) is 3.48. The van der Waals surface area contributed by atoms with Gasteiger partial charge in [0.25, 0.3) is 0 Å². The van der Waals surface area contributed by atoms with Crippen LogP contribution in [0.2, 0.25) is 0 Å². The number of aryl methyl sites for hydroxylation is 1. The predicted octanol–water partition coefficient (Wildman–Crippen LogP) is 3.59. The van der Waals surface area contributed by atoms with Crippen LogP contribution in [0.5, 0.6) is 0 Å². The third kappa shape index (κ3) is 1.59. The summed E-state index contributed by atoms with van der Waals surface area (Å²) in [5.74, 6) is 0.718. The van der Waals surface area contributed by atoms with Crippen molar-refractivity contribution in [1.82, 2.24) is 10.2 Å². The van der Waals surface area contributed by atoms with Crippen LogP contribution in [0, 0.1) is 16.7 Å². The second-order valence-corrected chi connectivity index (χ2v) is 6.61. The van der Waals surface area contributed by atoms with Gasteiger partial charge in [0.15, 0.2) is 0 Å². The highest BCUT2D eigenvalue weighted by molar-refractivity contribution is 5.23. The lowest BCUT2D eigenvalue weighted by molar-refractivity contribution is 0.0147. The molecular formula is C14H24N2. The third-order valence-corrected chi connectivity index (χ3v) is 4.73. The highest BCUT2D eigenvalue weighted by Gasteiger charge is 2.46. The van der Waals surface area contributed by atoms with Crippen LogP contribution in [0.25, 0.3) is 0 Å². The fraction of sp³-hybridized carbons (Fsp3) is 0.786. The Morgan fingerprint density at radius 2 is 2.06 bits per heavy atom. The van der Waals surface area contributed by atoms with Gasteiger partial charge in [0.05, 0.1) is 6.20 Å². The number of nitrogens with one attached hydrogen (secondary N) is 1. The number of aromatic amines is 1. The van der Waals surface area contributed by atoms with E-state index in [9.17, 15) is 0 Å². The van der Waals surface area contributed by atoms with E-state index in [1.165, 1.54) is 24.1 Å². The topological polar surface area (TPSA) is 28.7 Å². The molecule has 0 amide bonds. The molecule has 0 saturated heterocycles. The molecular weight excluding hydrogens is 196 g/mol. The molecule has 90 valence electrons. The Morgan fingerprint density at radius 3 is 2.62 bits per heavy atom. The number of hydrogen-bond donors (Lipinski definition) is 1. The molecule has 2 heteroatoms. The summed E-state index contributed by atoms with van der Waals surface area (Å²) in [6.07, 6.45) is 5.64. The Balaban J connectivity index is 2.39. The molecule has 1 aromatic rings. The Labute approximate surface area is 98.8 Å².